The lowest BCUT2D eigenvalue weighted by Crippen LogP contribution is -2.38. The highest BCUT2D eigenvalue weighted by molar-refractivity contribution is 9.09. The van der Waals surface area contributed by atoms with E-state index in [4.69, 9.17) is 23.5 Å². The number of carboxylic acids is 1. The lowest BCUT2D eigenvalue weighted by molar-refractivity contribution is -0.138. The zero-order valence-electron chi connectivity index (χ0n) is 33.4. The Morgan fingerprint density at radius 2 is 1.23 bits per heavy atom. The third kappa shape index (κ3) is 15.2. The molecule has 1 heterocycles. The molecule has 0 aliphatic heterocycles. The summed E-state index contributed by atoms with van der Waals surface area (Å²) >= 11 is 3.33. The highest BCUT2D eigenvalue weighted by Crippen LogP contribution is 2.25. The summed E-state index contributed by atoms with van der Waals surface area (Å²) in [4.78, 5) is 43.2. The van der Waals surface area contributed by atoms with Crippen molar-refractivity contribution in [3.63, 3.8) is 0 Å². The van der Waals surface area contributed by atoms with Crippen LogP contribution in [-0.4, -0.2) is 88.0 Å². The van der Waals surface area contributed by atoms with Crippen molar-refractivity contribution in [2.45, 2.75) is 67.0 Å². The number of amides is 2. The van der Waals surface area contributed by atoms with Crippen molar-refractivity contribution < 1.29 is 43.0 Å². The number of carboxylic acid groups (broad SMARTS) is 1. The predicted octanol–water partition coefficient (Wildman–Crippen LogP) is 9.23. The largest absolute Gasteiger partial charge is 0.493 e. The van der Waals surface area contributed by atoms with Gasteiger partial charge in [0.05, 0.1) is 38.5 Å². The Labute approximate surface area is 338 Å². The van der Waals surface area contributed by atoms with Gasteiger partial charge < -0.3 is 33.5 Å². The van der Waals surface area contributed by atoms with Gasteiger partial charge in [0.15, 0.2) is 5.82 Å². The number of aliphatic carboxylic acids is 1. The molecular formula is C42H55BrN4O9. The average molecular weight is 840 g/mol. The molecule has 0 radical (unpaired) electrons. The molecule has 0 saturated carbocycles. The first-order valence-corrected chi connectivity index (χ1v) is 19.9. The third-order valence-electron chi connectivity index (χ3n) is 8.28. The fourth-order valence-corrected chi connectivity index (χ4v) is 5.39. The minimum atomic E-state index is -1.11. The van der Waals surface area contributed by atoms with E-state index < -0.39 is 24.6 Å². The Kier molecular flexibility index (Phi) is 19.2. The predicted molar refractivity (Wildman–Crippen MR) is 217 cm³/mol. The van der Waals surface area contributed by atoms with Crippen LogP contribution in [0.2, 0.25) is 0 Å². The number of hydrogen-bond donors (Lipinski definition) is 1. The molecular weight excluding hydrogens is 784 g/mol. The van der Waals surface area contributed by atoms with E-state index in [0.29, 0.717) is 56.2 Å². The van der Waals surface area contributed by atoms with Crippen LogP contribution in [0.5, 0.6) is 11.5 Å². The molecule has 2 amide bonds. The number of carbonyl (C=O) groups excluding carboxylic acids is 2. The van der Waals surface area contributed by atoms with Gasteiger partial charge in [-0.2, -0.15) is 4.98 Å². The Morgan fingerprint density at radius 1 is 0.732 bits per heavy atom. The molecule has 4 aromatic rings. The van der Waals surface area contributed by atoms with Gasteiger partial charge in [-0.15, -0.1) is 0 Å². The molecule has 56 heavy (non-hydrogen) atoms. The summed E-state index contributed by atoms with van der Waals surface area (Å²) in [5, 5.41) is 14.0. The second-order valence-electron chi connectivity index (χ2n) is 13.8. The zero-order valence-corrected chi connectivity index (χ0v) is 34.9. The van der Waals surface area contributed by atoms with Crippen LogP contribution in [0, 0.1) is 11.8 Å². The van der Waals surface area contributed by atoms with E-state index in [1.165, 1.54) is 4.90 Å². The Morgan fingerprint density at radius 3 is 1.71 bits per heavy atom. The topological polar surface area (TPSA) is 154 Å². The fraction of sp³-hybridized carbons (Fsp3) is 0.452. The standard InChI is InChI=1S/C25H29N3O6.C17H26BrNO3/c1-17(2)16-33-25(31)28(15-23(29)30)18(3)19-9-11-21(12-10-19)32-14-13-22-26-24(34-27-22)20-7-5-4-6-8-20;1-5-19(17(20)22-12-13(2)3)14(4)15-6-8-16(9-7-15)21-11-10-18/h4-12,17-18H,13-16H2,1-3H3,(H,29,30);6-9,13-14H,5,10-12H2,1-4H3/t18-;14-/m00/s1. The number of rotatable bonds is 19. The number of nitrogens with zero attached hydrogens (tertiary/aromatic N) is 4. The van der Waals surface area contributed by atoms with Crippen LogP contribution in [0.25, 0.3) is 11.5 Å². The van der Waals surface area contributed by atoms with Crippen LogP contribution < -0.4 is 9.47 Å². The summed E-state index contributed by atoms with van der Waals surface area (Å²) < 4.78 is 27.2. The van der Waals surface area contributed by atoms with Crippen LogP contribution in [-0.2, 0) is 20.7 Å². The molecule has 0 aliphatic carbocycles. The molecule has 304 valence electrons. The summed E-state index contributed by atoms with van der Waals surface area (Å²) in [7, 11) is 0. The lowest BCUT2D eigenvalue weighted by atomic mass is 10.1. The van der Waals surface area contributed by atoms with Crippen molar-refractivity contribution in [1.29, 1.82) is 0 Å². The van der Waals surface area contributed by atoms with Crippen LogP contribution in [0.15, 0.2) is 83.4 Å². The number of halogens is 1. The maximum absolute atomic E-state index is 12.4. The highest BCUT2D eigenvalue weighted by atomic mass is 79.9. The van der Waals surface area contributed by atoms with Crippen molar-refractivity contribution in [2.75, 3.05) is 44.8 Å². The van der Waals surface area contributed by atoms with Gasteiger partial charge in [0.1, 0.15) is 18.0 Å². The SMILES string of the molecule is CC(C)COC(=O)N(CC(=O)O)[C@@H](C)c1ccc(OCCc2noc(-c3ccccc3)n2)cc1.CCN(C(=O)OCC(C)C)[C@@H](C)c1ccc(OCCBr)cc1. The molecule has 2 atom stereocenters. The van der Waals surface area contributed by atoms with Gasteiger partial charge in [-0.1, -0.05) is 91.2 Å². The Bertz CT molecular complexity index is 1750. The van der Waals surface area contributed by atoms with Gasteiger partial charge in [-0.3, -0.25) is 9.69 Å². The molecule has 0 spiro atoms. The molecule has 0 fully saturated rings. The normalized spacial score (nSPS) is 11.9. The molecule has 1 aromatic heterocycles. The van der Waals surface area contributed by atoms with E-state index in [1.807, 2.05) is 96.1 Å². The van der Waals surface area contributed by atoms with E-state index in [9.17, 15) is 19.5 Å². The molecule has 0 aliphatic rings. The van der Waals surface area contributed by atoms with E-state index in [1.54, 1.807) is 36.1 Å². The number of aromatic nitrogens is 2. The van der Waals surface area contributed by atoms with E-state index >= 15 is 0 Å². The molecule has 4 rings (SSSR count). The van der Waals surface area contributed by atoms with Crippen molar-refractivity contribution >= 4 is 34.1 Å². The smallest absolute Gasteiger partial charge is 0.410 e. The first kappa shape index (κ1) is 45.3. The van der Waals surface area contributed by atoms with Crippen LogP contribution in [0.4, 0.5) is 9.59 Å². The molecule has 0 unspecified atom stereocenters. The minimum absolute atomic E-state index is 0.0325. The maximum atomic E-state index is 12.4. The van der Waals surface area contributed by atoms with Gasteiger partial charge in [-0.05, 0) is 80.1 Å². The summed E-state index contributed by atoms with van der Waals surface area (Å²) in [6.07, 6.45) is -0.440. The second-order valence-corrected chi connectivity index (χ2v) is 14.5. The van der Waals surface area contributed by atoms with Crippen molar-refractivity contribution in [3.8, 4) is 23.0 Å². The summed E-state index contributed by atoms with van der Waals surface area (Å²) in [6, 6.07) is 24.0. The van der Waals surface area contributed by atoms with Gasteiger partial charge >= 0.3 is 18.2 Å². The second kappa shape index (κ2) is 23.7. The Hall–Kier alpha value is -5.11. The van der Waals surface area contributed by atoms with Crippen molar-refractivity contribution in [3.05, 3.63) is 95.8 Å². The number of ether oxygens (including phenoxy) is 4. The van der Waals surface area contributed by atoms with Gasteiger partial charge in [0.25, 0.3) is 5.89 Å². The molecule has 14 heteroatoms. The summed E-state index contributed by atoms with van der Waals surface area (Å²) in [5.41, 5.74) is 2.69. The quantitative estimate of drug-likeness (QED) is 0.0899. The minimum Gasteiger partial charge on any atom is -0.493 e. The highest BCUT2D eigenvalue weighted by Gasteiger charge is 2.26. The first-order chi connectivity index (χ1) is 26.8. The van der Waals surface area contributed by atoms with Crippen molar-refractivity contribution in [2.24, 2.45) is 11.8 Å². The summed E-state index contributed by atoms with van der Waals surface area (Å²) in [5.74, 6) is 1.87. The summed E-state index contributed by atoms with van der Waals surface area (Å²) in [6.45, 7) is 15.4. The number of alkyl halides is 1. The number of hydrogen-bond acceptors (Lipinski definition) is 10. The number of benzene rings is 3. The van der Waals surface area contributed by atoms with Crippen LogP contribution in [0.3, 0.4) is 0 Å². The average Bonchev–Trinajstić information content (AvgIpc) is 3.67. The third-order valence-corrected chi connectivity index (χ3v) is 8.61. The van der Waals surface area contributed by atoms with E-state index in [0.717, 1.165) is 27.8 Å². The first-order valence-electron chi connectivity index (χ1n) is 18.8. The number of carbonyl (C=O) groups is 3. The van der Waals surface area contributed by atoms with Gasteiger partial charge in [-0.25, -0.2) is 9.59 Å². The Balaban J connectivity index is 0.000000331. The van der Waals surface area contributed by atoms with E-state index in [2.05, 4.69) is 26.1 Å². The van der Waals surface area contributed by atoms with Gasteiger partial charge in [0, 0.05) is 23.9 Å². The zero-order chi connectivity index (χ0) is 41.0. The van der Waals surface area contributed by atoms with Crippen LogP contribution >= 0.6 is 15.9 Å². The monoisotopic (exact) mass is 838 g/mol. The van der Waals surface area contributed by atoms with Gasteiger partial charge in [0.2, 0.25) is 0 Å². The molecule has 1 N–H and O–H groups in total. The molecule has 13 nitrogen and oxygen atoms in total. The lowest BCUT2D eigenvalue weighted by Gasteiger charge is -2.28. The van der Waals surface area contributed by atoms with Crippen molar-refractivity contribution in [1.82, 2.24) is 19.9 Å². The maximum Gasteiger partial charge on any atom is 0.410 e. The molecule has 0 saturated heterocycles. The molecule has 0 bridgehead atoms. The fourth-order valence-electron chi connectivity index (χ4n) is 5.22. The molecule has 3 aromatic carbocycles. The van der Waals surface area contributed by atoms with E-state index in [-0.39, 0.29) is 24.7 Å². The van der Waals surface area contributed by atoms with Crippen LogP contribution in [0.1, 0.15) is 77.5 Å².